The van der Waals surface area contributed by atoms with Gasteiger partial charge < -0.3 is 5.73 Å². The molecule has 0 aromatic heterocycles. The van der Waals surface area contributed by atoms with Gasteiger partial charge in [-0.15, -0.1) is 0 Å². The normalized spacial score (nSPS) is 11.2. The number of amides is 1. The van der Waals surface area contributed by atoms with Gasteiger partial charge in [0.15, 0.2) is 0 Å². The van der Waals surface area contributed by atoms with E-state index in [1.165, 1.54) is 5.56 Å². The molecule has 1 atom stereocenters. The van der Waals surface area contributed by atoms with E-state index in [1.54, 1.807) is 0 Å². The number of rotatable bonds is 4. The lowest BCUT2D eigenvalue weighted by Crippen LogP contribution is -2.15. The fraction of sp³-hybridized carbons (Fsp3) is 0.462. The second-order valence-electron chi connectivity index (χ2n) is 3.61. The molecule has 90 valence electrons. The minimum atomic E-state index is -0.229. The first-order chi connectivity index (χ1) is 7.58. The number of hydrogen-bond donors (Lipinski definition) is 1. The van der Waals surface area contributed by atoms with Crippen molar-refractivity contribution in [3.8, 4) is 0 Å². The van der Waals surface area contributed by atoms with Crippen LogP contribution in [0.1, 0.15) is 32.8 Å². The predicted molar refractivity (Wildman–Crippen MR) is 72.2 cm³/mol. The zero-order valence-electron chi connectivity index (χ0n) is 10.2. The van der Waals surface area contributed by atoms with E-state index in [2.05, 4.69) is 28.1 Å². The van der Waals surface area contributed by atoms with Crippen LogP contribution in [0.4, 0.5) is 0 Å². The third-order valence-corrected chi connectivity index (χ3v) is 2.52. The van der Waals surface area contributed by atoms with E-state index in [1.807, 2.05) is 32.9 Å². The molecule has 3 heteroatoms. The Kier molecular flexibility index (Phi) is 7.90. The van der Waals surface area contributed by atoms with E-state index in [0.29, 0.717) is 12.3 Å². The molecule has 16 heavy (non-hydrogen) atoms. The maximum Gasteiger partial charge on any atom is 0.217 e. The third-order valence-electron chi connectivity index (χ3n) is 2.02. The van der Waals surface area contributed by atoms with Gasteiger partial charge in [-0.05, 0) is 30.0 Å². The first kappa shape index (κ1) is 15.2. The molecule has 1 aromatic rings. The molecule has 0 bridgehead atoms. The highest BCUT2D eigenvalue weighted by Gasteiger charge is 2.06. The van der Waals surface area contributed by atoms with Gasteiger partial charge in [0.2, 0.25) is 5.91 Å². The number of carbonyl (C=O) groups is 1. The smallest absolute Gasteiger partial charge is 0.217 e. The van der Waals surface area contributed by atoms with Crippen LogP contribution in [0, 0.1) is 5.92 Å². The maximum atomic E-state index is 10.7. The Bertz CT molecular complexity index is 325. The molecule has 0 aliphatic carbocycles. The molecule has 0 spiro atoms. The minimum absolute atomic E-state index is 0.229. The van der Waals surface area contributed by atoms with Crippen molar-refractivity contribution in [2.45, 2.75) is 33.6 Å². The number of nitrogens with two attached hydrogens (primary N) is 1. The minimum Gasteiger partial charge on any atom is -0.370 e. The molecule has 0 aliphatic rings. The number of hydrogen-bond acceptors (Lipinski definition) is 1. The van der Waals surface area contributed by atoms with E-state index in [4.69, 9.17) is 5.73 Å². The number of halogens is 1. The quantitative estimate of drug-likeness (QED) is 0.904. The SMILES string of the molecule is CC.CC(CC(N)=O)Cc1cccc(Br)c1. The van der Waals surface area contributed by atoms with Gasteiger partial charge in [0.25, 0.3) is 0 Å². The van der Waals surface area contributed by atoms with Gasteiger partial charge in [0.1, 0.15) is 0 Å². The largest absolute Gasteiger partial charge is 0.370 e. The summed E-state index contributed by atoms with van der Waals surface area (Å²) in [5, 5.41) is 0. The van der Waals surface area contributed by atoms with E-state index >= 15 is 0 Å². The fourth-order valence-corrected chi connectivity index (χ4v) is 1.93. The van der Waals surface area contributed by atoms with Gasteiger partial charge >= 0.3 is 0 Å². The zero-order chi connectivity index (χ0) is 12.6. The Morgan fingerprint density at radius 1 is 1.44 bits per heavy atom. The summed E-state index contributed by atoms with van der Waals surface area (Å²) >= 11 is 3.41. The first-order valence-corrected chi connectivity index (χ1v) is 6.40. The van der Waals surface area contributed by atoms with Crippen LogP contribution in [0.5, 0.6) is 0 Å². The summed E-state index contributed by atoms with van der Waals surface area (Å²) in [5.41, 5.74) is 6.36. The van der Waals surface area contributed by atoms with Crippen molar-refractivity contribution in [3.63, 3.8) is 0 Å². The highest BCUT2D eigenvalue weighted by Crippen LogP contribution is 2.16. The monoisotopic (exact) mass is 285 g/mol. The summed E-state index contributed by atoms with van der Waals surface area (Å²) in [6.07, 6.45) is 1.34. The second kappa shape index (κ2) is 8.34. The van der Waals surface area contributed by atoms with E-state index < -0.39 is 0 Å². The van der Waals surface area contributed by atoms with Crippen molar-refractivity contribution in [2.24, 2.45) is 11.7 Å². The van der Waals surface area contributed by atoms with Gasteiger partial charge in [0.05, 0.1) is 0 Å². The number of primary amides is 1. The summed E-state index contributed by atoms with van der Waals surface area (Å²) < 4.78 is 1.07. The van der Waals surface area contributed by atoms with Crippen LogP contribution in [0.15, 0.2) is 28.7 Å². The third kappa shape index (κ3) is 6.62. The molecule has 0 aliphatic heterocycles. The van der Waals surface area contributed by atoms with E-state index in [9.17, 15) is 4.79 Å². The summed E-state index contributed by atoms with van der Waals surface area (Å²) in [4.78, 5) is 10.7. The van der Waals surface area contributed by atoms with Crippen molar-refractivity contribution in [1.82, 2.24) is 0 Å². The molecule has 1 rings (SSSR count). The zero-order valence-corrected chi connectivity index (χ0v) is 11.8. The summed E-state index contributed by atoms with van der Waals surface area (Å²) in [6, 6.07) is 8.11. The molecule has 1 aromatic carbocycles. The molecular formula is C13H20BrNO. The maximum absolute atomic E-state index is 10.7. The lowest BCUT2D eigenvalue weighted by Gasteiger charge is -2.08. The average Bonchev–Trinajstić information content (AvgIpc) is 2.19. The average molecular weight is 286 g/mol. The van der Waals surface area contributed by atoms with Crippen molar-refractivity contribution in [2.75, 3.05) is 0 Å². The van der Waals surface area contributed by atoms with Gasteiger partial charge in [-0.25, -0.2) is 0 Å². The molecule has 2 nitrogen and oxygen atoms in total. The summed E-state index contributed by atoms with van der Waals surface area (Å²) in [5.74, 6) is 0.0781. The van der Waals surface area contributed by atoms with Crippen molar-refractivity contribution in [3.05, 3.63) is 34.3 Å². The van der Waals surface area contributed by atoms with Crippen LogP contribution in [0.3, 0.4) is 0 Å². The van der Waals surface area contributed by atoms with Gasteiger partial charge in [0, 0.05) is 10.9 Å². The molecule has 0 radical (unpaired) electrons. The number of carbonyl (C=O) groups excluding carboxylic acids is 1. The van der Waals surface area contributed by atoms with Crippen LogP contribution < -0.4 is 5.73 Å². The summed E-state index contributed by atoms with van der Waals surface area (Å²) in [6.45, 7) is 6.03. The highest BCUT2D eigenvalue weighted by molar-refractivity contribution is 9.10. The van der Waals surface area contributed by atoms with E-state index in [-0.39, 0.29) is 5.91 Å². The van der Waals surface area contributed by atoms with Crippen LogP contribution in [-0.4, -0.2) is 5.91 Å². The van der Waals surface area contributed by atoms with Crippen molar-refractivity contribution in [1.29, 1.82) is 0 Å². The van der Waals surface area contributed by atoms with Crippen LogP contribution in [0.25, 0.3) is 0 Å². The molecule has 0 fully saturated rings. The molecule has 0 saturated carbocycles. The Morgan fingerprint density at radius 2 is 2.06 bits per heavy atom. The second-order valence-corrected chi connectivity index (χ2v) is 4.53. The van der Waals surface area contributed by atoms with Gasteiger partial charge in [-0.2, -0.15) is 0 Å². The lowest BCUT2D eigenvalue weighted by molar-refractivity contribution is -0.118. The molecule has 1 amide bonds. The van der Waals surface area contributed by atoms with Crippen molar-refractivity contribution >= 4 is 21.8 Å². The van der Waals surface area contributed by atoms with E-state index in [0.717, 1.165) is 10.9 Å². The molecule has 2 N–H and O–H groups in total. The fourth-order valence-electron chi connectivity index (χ4n) is 1.48. The Morgan fingerprint density at radius 3 is 2.56 bits per heavy atom. The first-order valence-electron chi connectivity index (χ1n) is 5.60. The van der Waals surface area contributed by atoms with Crippen LogP contribution in [0.2, 0.25) is 0 Å². The van der Waals surface area contributed by atoms with Crippen molar-refractivity contribution < 1.29 is 4.79 Å². The predicted octanol–water partition coefficient (Wildman–Crippen LogP) is 3.53. The lowest BCUT2D eigenvalue weighted by atomic mass is 9.98. The summed E-state index contributed by atoms with van der Waals surface area (Å²) in [7, 11) is 0. The van der Waals surface area contributed by atoms with Crippen LogP contribution >= 0.6 is 15.9 Å². The highest BCUT2D eigenvalue weighted by atomic mass is 79.9. The standard InChI is InChI=1S/C11H14BrNO.C2H6/c1-8(6-11(13)14)5-9-3-2-4-10(12)7-9;1-2/h2-4,7-8H,5-6H2,1H3,(H2,13,14);1-2H3. The Labute approximate surface area is 106 Å². The van der Waals surface area contributed by atoms with Crippen LogP contribution in [-0.2, 0) is 11.2 Å². The molecule has 0 saturated heterocycles. The molecular weight excluding hydrogens is 266 g/mol. The topological polar surface area (TPSA) is 43.1 Å². The van der Waals surface area contributed by atoms with Gasteiger partial charge in [-0.3, -0.25) is 4.79 Å². The Balaban J connectivity index is 0.00000106. The number of benzene rings is 1. The Hall–Kier alpha value is -0.830. The van der Waals surface area contributed by atoms with Gasteiger partial charge in [-0.1, -0.05) is 48.8 Å². The molecule has 0 heterocycles. The molecule has 1 unspecified atom stereocenters.